The summed E-state index contributed by atoms with van der Waals surface area (Å²) in [5, 5.41) is 0. The molecule has 1 unspecified atom stereocenters. The lowest BCUT2D eigenvalue weighted by atomic mass is 10.1. The zero-order valence-electron chi connectivity index (χ0n) is 9.71. The van der Waals surface area contributed by atoms with E-state index in [1.54, 1.807) is 0 Å². The minimum atomic E-state index is -0.0975. The molecule has 4 heteroatoms. The van der Waals surface area contributed by atoms with Crippen LogP contribution in [0.5, 0.6) is 0 Å². The van der Waals surface area contributed by atoms with Crippen LogP contribution in [0.15, 0.2) is 0 Å². The molecule has 14 heavy (non-hydrogen) atoms. The van der Waals surface area contributed by atoms with E-state index in [0.717, 1.165) is 13.1 Å². The van der Waals surface area contributed by atoms with Gasteiger partial charge in [-0.2, -0.15) is 0 Å². The number of rotatable bonds is 6. The smallest absolute Gasteiger partial charge is 0.235 e. The zero-order valence-corrected chi connectivity index (χ0v) is 9.71. The van der Waals surface area contributed by atoms with Crippen molar-refractivity contribution in [3.8, 4) is 0 Å². The second-order valence-electron chi connectivity index (χ2n) is 4.10. The fourth-order valence-corrected chi connectivity index (χ4v) is 1.55. The standard InChI is InChI=1S/C10H23N3O/c1-5-13(7-8(2)3)9(4)6-10(14)12-11/h8-9H,5-7,11H2,1-4H3,(H,12,14). The average molecular weight is 201 g/mol. The summed E-state index contributed by atoms with van der Waals surface area (Å²) in [7, 11) is 0. The van der Waals surface area contributed by atoms with Crippen molar-refractivity contribution in [3.63, 3.8) is 0 Å². The Balaban J connectivity index is 4.03. The number of carbonyl (C=O) groups is 1. The Morgan fingerprint density at radius 3 is 2.36 bits per heavy atom. The van der Waals surface area contributed by atoms with Crippen LogP contribution in [0.25, 0.3) is 0 Å². The maximum Gasteiger partial charge on any atom is 0.235 e. The molecular formula is C10H23N3O. The molecule has 0 aliphatic heterocycles. The molecule has 0 aromatic rings. The Hall–Kier alpha value is -0.610. The quantitative estimate of drug-likeness (QED) is 0.378. The molecule has 3 N–H and O–H groups in total. The summed E-state index contributed by atoms with van der Waals surface area (Å²) in [6.07, 6.45) is 0.469. The van der Waals surface area contributed by atoms with Gasteiger partial charge in [-0.05, 0) is 19.4 Å². The molecule has 84 valence electrons. The van der Waals surface area contributed by atoms with Gasteiger partial charge in [-0.15, -0.1) is 0 Å². The first-order valence-electron chi connectivity index (χ1n) is 5.24. The van der Waals surface area contributed by atoms with Crippen molar-refractivity contribution in [2.45, 2.75) is 40.2 Å². The Kier molecular flexibility index (Phi) is 6.49. The van der Waals surface area contributed by atoms with Crippen LogP contribution in [0.4, 0.5) is 0 Å². The van der Waals surface area contributed by atoms with Gasteiger partial charge in [-0.25, -0.2) is 5.84 Å². The molecule has 0 saturated carbocycles. The first-order chi connectivity index (χ1) is 6.51. The van der Waals surface area contributed by atoms with E-state index in [9.17, 15) is 4.79 Å². The maximum atomic E-state index is 11.1. The summed E-state index contributed by atoms with van der Waals surface area (Å²) in [5.74, 6) is 5.57. The molecule has 0 radical (unpaired) electrons. The van der Waals surface area contributed by atoms with Gasteiger partial charge in [-0.3, -0.25) is 10.2 Å². The normalized spacial score (nSPS) is 13.4. The highest BCUT2D eigenvalue weighted by Crippen LogP contribution is 2.06. The van der Waals surface area contributed by atoms with Gasteiger partial charge < -0.3 is 4.90 Å². The average Bonchev–Trinajstić information content (AvgIpc) is 2.13. The summed E-state index contributed by atoms with van der Waals surface area (Å²) >= 11 is 0. The predicted molar refractivity (Wildman–Crippen MR) is 58.5 cm³/mol. The van der Waals surface area contributed by atoms with E-state index in [1.807, 2.05) is 0 Å². The molecule has 0 bridgehead atoms. The van der Waals surface area contributed by atoms with Crippen molar-refractivity contribution in [1.29, 1.82) is 0 Å². The van der Waals surface area contributed by atoms with Crippen LogP contribution in [-0.4, -0.2) is 29.9 Å². The summed E-state index contributed by atoms with van der Waals surface area (Å²) in [6, 6.07) is 0.256. The van der Waals surface area contributed by atoms with E-state index in [0.29, 0.717) is 12.3 Å². The number of hydrogen-bond donors (Lipinski definition) is 2. The lowest BCUT2D eigenvalue weighted by Crippen LogP contribution is -2.41. The van der Waals surface area contributed by atoms with E-state index in [1.165, 1.54) is 0 Å². The molecule has 1 amide bonds. The molecule has 0 aliphatic rings. The monoisotopic (exact) mass is 201 g/mol. The van der Waals surface area contributed by atoms with Gasteiger partial charge in [0.05, 0.1) is 0 Å². The van der Waals surface area contributed by atoms with Crippen LogP contribution in [0.3, 0.4) is 0 Å². The second kappa shape index (κ2) is 6.79. The van der Waals surface area contributed by atoms with Crippen molar-refractivity contribution in [2.75, 3.05) is 13.1 Å². The highest BCUT2D eigenvalue weighted by atomic mass is 16.2. The highest BCUT2D eigenvalue weighted by Gasteiger charge is 2.15. The van der Waals surface area contributed by atoms with Crippen molar-refractivity contribution in [2.24, 2.45) is 11.8 Å². The van der Waals surface area contributed by atoms with Gasteiger partial charge in [0.15, 0.2) is 0 Å². The van der Waals surface area contributed by atoms with Crippen molar-refractivity contribution in [1.82, 2.24) is 10.3 Å². The number of hydrazine groups is 1. The Morgan fingerprint density at radius 2 is 2.00 bits per heavy atom. The van der Waals surface area contributed by atoms with Gasteiger partial charge in [0.1, 0.15) is 0 Å². The van der Waals surface area contributed by atoms with Crippen molar-refractivity contribution >= 4 is 5.91 Å². The number of nitrogens with one attached hydrogen (secondary N) is 1. The third-order valence-electron chi connectivity index (χ3n) is 2.27. The summed E-state index contributed by atoms with van der Waals surface area (Å²) in [5.41, 5.74) is 2.16. The Morgan fingerprint density at radius 1 is 1.43 bits per heavy atom. The van der Waals surface area contributed by atoms with E-state index in [4.69, 9.17) is 5.84 Å². The summed E-state index contributed by atoms with van der Waals surface area (Å²) < 4.78 is 0. The SMILES string of the molecule is CCN(CC(C)C)C(C)CC(=O)NN. The Bertz CT molecular complexity index is 171. The van der Waals surface area contributed by atoms with Gasteiger partial charge in [0, 0.05) is 19.0 Å². The number of nitrogens with two attached hydrogens (primary N) is 1. The van der Waals surface area contributed by atoms with Crippen LogP contribution in [0.2, 0.25) is 0 Å². The first-order valence-corrected chi connectivity index (χ1v) is 5.24. The summed E-state index contributed by atoms with van der Waals surface area (Å²) in [6.45, 7) is 10.5. The minimum Gasteiger partial charge on any atom is -0.300 e. The number of amides is 1. The molecule has 0 saturated heterocycles. The molecule has 1 atom stereocenters. The molecule has 0 aromatic heterocycles. The number of carbonyl (C=O) groups excluding carboxylic acids is 1. The van der Waals surface area contributed by atoms with E-state index in [2.05, 4.69) is 38.0 Å². The fourth-order valence-electron chi connectivity index (χ4n) is 1.55. The molecular weight excluding hydrogens is 178 g/mol. The molecule has 0 aromatic carbocycles. The van der Waals surface area contributed by atoms with Crippen molar-refractivity contribution < 1.29 is 4.79 Å². The molecule has 4 nitrogen and oxygen atoms in total. The van der Waals surface area contributed by atoms with Crippen LogP contribution in [0.1, 0.15) is 34.1 Å². The topological polar surface area (TPSA) is 58.4 Å². The van der Waals surface area contributed by atoms with Crippen LogP contribution >= 0.6 is 0 Å². The zero-order chi connectivity index (χ0) is 11.1. The molecule has 0 spiro atoms. The maximum absolute atomic E-state index is 11.1. The van der Waals surface area contributed by atoms with Crippen LogP contribution in [-0.2, 0) is 4.79 Å². The third kappa shape index (κ3) is 5.19. The van der Waals surface area contributed by atoms with Gasteiger partial charge in [-0.1, -0.05) is 20.8 Å². The predicted octanol–water partition coefficient (Wildman–Crippen LogP) is 0.733. The lowest BCUT2D eigenvalue weighted by Gasteiger charge is -2.28. The van der Waals surface area contributed by atoms with Gasteiger partial charge in [0.2, 0.25) is 5.91 Å². The molecule has 0 fully saturated rings. The van der Waals surface area contributed by atoms with Crippen LogP contribution in [0, 0.1) is 5.92 Å². The number of nitrogens with zero attached hydrogens (tertiary/aromatic N) is 1. The first kappa shape index (κ1) is 13.4. The fraction of sp³-hybridized carbons (Fsp3) is 0.900. The summed E-state index contributed by atoms with van der Waals surface area (Å²) in [4.78, 5) is 13.4. The molecule has 0 aliphatic carbocycles. The van der Waals surface area contributed by atoms with Crippen molar-refractivity contribution in [3.05, 3.63) is 0 Å². The van der Waals surface area contributed by atoms with E-state index < -0.39 is 0 Å². The lowest BCUT2D eigenvalue weighted by molar-refractivity contribution is -0.122. The third-order valence-corrected chi connectivity index (χ3v) is 2.27. The Labute approximate surface area is 86.8 Å². The second-order valence-corrected chi connectivity index (χ2v) is 4.10. The largest absolute Gasteiger partial charge is 0.300 e. The molecule has 0 heterocycles. The highest BCUT2D eigenvalue weighted by molar-refractivity contribution is 5.75. The number of hydrogen-bond acceptors (Lipinski definition) is 3. The molecule has 0 rings (SSSR count). The van der Waals surface area contributed by atoms with Gasteiger partial charge >= 0.3 is 0 Å². The minimum absolute atomic E-state index is 0.0975. The van der Waals surface area contributed by atoms with E-state index in [-0.39, 0.29) is 11.9 Å². The van der Waals surface area contributed by atoms with E-state index >= 15 is 0 Å². The van der Waals surface area contributed by atoms with Crippen LogP contribution < -0.4 is 11.3 Å². The van der Waals surface area contributed by atoms with Gasteiger partial charge in [0.25, 0.3) is 0 Å².